The summed E-state index contributed by atoms with van der Waals surface area (Å²) in [6.07, 6.45) is 1.18. The van der Waals surface area contributed by atoms with Gasteiger partial charge in [-0.15, -0.1) is 0 Å². The van der Waals surface area contributed by atoms with Crippen molar-refractivity contribution in [3.63, 3.8) is 0 Å². The van der Waals surface area contributed by atoms with E-state index in [9.17, 15) is 14.0 Å². The first-order valence-corrected chi connectivity index (χ1v) is 9.95. The molecular weight excluding hydrogens is 369 g/mol. The van der Waals surface area contributed by atoms with Gasteiger partial charge in [0.2, 0.25) is 5.91 Å². The van der Waals surface area contributed by atoms with E-state index in [1.807, 2.05) is 45.0 Å². The zero-order valence-corrected chi connectivity index (χ0v) is 17.6. The Balaban J connectivity index is 2.26. The highest BCUT2D eigenvalue weighted by molar-refractivity contribution is 5.92. The molecule has 0 saturated carbocycles. The minimum atomic E-state index is -0.316. The average molecular weight is 400 g/mol. The number of nitrogens with zero attached hydrogens (tertiary/aromatic N) is 2. The predicted octanol–water partition coefficient (Wildman–Crippen LogP) is 4.36. The summed E-state index contributed by atoms with van der Waals surface area (Å²) in [4.78, 5) is 28.5. The maximum absolute atomic E-state index is 13.2. The molecule has 0 aromatic heterocycles. The molecule has 3 amide bonds. The third-order valence-electron chi connectivity index (χ3n) is 4.47. The van der Waals surface area contributed by atoms with Crippen LogP contribution in [0.1, 0.15) is 38.3 Å². The van der Waals surface area contributed by atoms with Gasteiger partial charge in [-0.3, -0.25) is 9.69 Å². The lowest BCUT2D eigenvalue weighted by Crippen LogP contribution is -2.42. The van der Waals surface area contributed by atoms with E-state index in [1.54, 1.807) is 29.0 Å². The van der Waals surface area contributed by atoms with Crippen molar-refractivity contribution in [2.24, 2.45) is 0 Å². The van der Waals surface area contributed by atoms with E-state index in [2.05, 4.69) is 5.32 Å². The molecule has 2 aromatic rings. The van der Waals surface area contributed by atoms with E-state index in [0.29, 0.717) is 18.8 Å². The van der Waals surface area contributed by atoms with Gasteiger partial charge < -0.3 is 10.2 Å². The molecule has 5 nitrogen and oxygen atoms in total. The number of nitrogens with one attached hydrogen (secondary N) is 1. The van der Waals surface area contributed by atoms with Crippen LogP contribution in [0.3, 0.4) is 0 Å². The van der Waals surface area contributed by atoms with E-state index >= 15 is 0 Å². The molecule has 0 atom stereocenters. The van der Waals surface area contributed by atoms with Crippen LogP contribution in [0.5, 0.6) is 0 Å². The summed E-state index contributed by atoms with van der Waals surface area (Å²) < 4.78 is 13.2. The SMILES string of the molecule is CCCN(C)C(=O)Cc1cccc(N(Cc2ccc(F)cc2)C(=O)NC(C)C)c1. The number of urea groups is 1. The van der Waals surface area contributed by atoms with Crippen LogP contribution in [0, 0.1) is 5.82 Å². The van der Waals surface area contributed by atoms with E-state index < -0.39 is 0 Å². The van der Waals surface area contributed by atoms with Gasteiger partial charge in [0.15, 0.2) is 0 Å². The van der Waals surface area contributed by atoms with Gasteiger partial charge in [-0.25, -0.2) is 9.18 Å². The number of hydrogen-bond donors (Lipinski definition) is 1. The van der Waals surface area contributed by atoms with Gasteiger partial charge in [-0.05, 0) is 55.7 Å². The molecule has 2 rings (SSSR count). The third kappa shape index (κ3) is 6.89. The number of carbonyl (C=O) groups is 2. The maximum atomic E-state index is 13.2. The molecule has 29 heavy (non-hydrogen) atoms. The van der Waals surface area contributed by atoms with Crippen molar-refractivity contribution >= 4 is 17.6 Å². The molecule has 0 aliphatic carbocycles. The maximum Gasteiger partial charge on any atom is 0.322 e. The van der Waals surface area contributed by atoms with Crippen LogP contribution in [0.25, 0.3) is 0 Å². The summed E-state index contributed by atoms with van der Waals surface area (Å²) in [6.45, 7) is 6.84. The van der Waals surface area contributed by atoms with Crippen molar-refractivity contribution in [2.75, 3.05) is 18.5 Å². The summed E-state index contributed by atoms with van der Waals surface area (Å²) in [6, 6.07) is 13.3. The van der Waals surface area contributed by atoms with E-state index in [0.717, 1.165) is 17.5 Å². The van der Waals surface area contributed by atoms with Crippen molar-refractivity contribution in [3.05, 3.63) is 65.5 Å². The van der Waals surface area contributed by atoms with Crippen LogP contribution in [0.15, 0.2) is 48.5 Å². The van der Waals surface area contributed by atoms with Crippen LogP contribution in [0.4, 0.5) is 14.9 Å². The molecule has 0 fully saturated rings. The third-order valence-corrected chi connectivity index (χ3v) is 4.47. The number of amides is 3. The molecule has 2 aromatic carbocycles. The zero-order chi connectivity index (χ0) is 21.4. The van der Waals surface area contributed by atoms with Crippen LogP contribution in [0.2, 0.25) is 0 Å². The first kappa shape index (κ1) is 22.4. The molecule has 0 aliphatic heterocycles. The van der Waals surface area contributed by atoms with Gasteiger partial charge in [0, 0.05) is 25.3 Å². The molecule has 0 heterocycles. The second-order valence-corrected chi connectivity index (χ2v) is 7.48. The Hall–Kier alpha value is -2.89. The van der Waals surface area contributed by atoms with E-state index in [-0.39, 0.29) is 30.2 Å². The highest BCUT2D eigenvalue weighted by atomic mass is 19.1. The number of rotatable bonds is 8. The van der Waals surface area contributed by atoms with Gasteiger partial charge in [0.25, 0.3) is 0 Å². The van der Waals surface area contributed by atoms with E-state index in [1.165, 1.54) is 12.1 Å². The number of likely N-dealkylation sites (N-methyl/N-ethyl adjacent to an activating group) is 1. The minimum absolute atomic E-state index is 0.0225. The highest BCUT2D eigenvalue weighted by Crippen LogP contribution is 2.20. The van der Waals surface area contributed by atoms with Crippen LogP contribution in [-0.2, 0) is 17.8 Å². The normalized spacial score (nSPS) is 10.7. The Morgan fingerprint density at radius 2 is 1.76 bits per heavy atom. The van der Waals surface area contributed by atoms with Crippen LogP contribution < -0.4 is 10.2 Å². The number of benzene rings is 2. The summed E-state index contributed by atoms with van der Waals surface area (Å²) in [5.41, 5.74) is 2.35. The number of anilines is 1. The smallest absolute Gasteiger partial charge is 0.322 e. The molecule has 1 N–H and O–H groups in total. The van der Waals surface area contributed by atoms with Gasteiger partial charge >= 0.3 is 6.03 Å². The zero-order valence-electron chi connectivity index (χ0n) is 17.6. The second kappa shape index (κ2) is 10.6. The van der Waals surface area contributed by atoms with E-state index in [4.69, 9.17) is 0 Å². The van der Waals surface area contributed by atoms with Gasteiger partial charge in [-0.2, -0.15) is 0 Å². The monoisotopic (exact) mass is 399 g/mol. The second-order valence-electron chi connectivity index (χ2n) is 7.48. The Kier molecular flexibility index (Phi) is 8.19. The quantitative estimate of drug-likeness (QED) is 0.717. The summed E-state index contributed by atoms with van der Waals surface area (Å²) in [5, 5.41) is 2.91. The summed E-state index contributed by atoms with van der Waals surface area (Å²) in [7, 11) is 1.80. The fourth-order valence-corrected chi connectivity index (χ4v) is 2.98. The first-order chi connectivity index (χ1) is 13.8. The van der Waals surface area contributed by atoms with Crippen molar-refractivity contribution in [3.8, 4) is 0 Å². The first-order valence-electron chi connectivity index (χ1n) is 9.95. The number of halogens is 1. The van der Waals surface area contributed by atoms with Crippen molar-refractivity contribution < 1.29 is 14.0 Å². The van der Waals surface area contributed by atoms with Crippen molar-refractivity contribution in [1.29, 1.82) is 0 Å². The lowest BCUT2D eigenvalue weighted by atomic mass is 10.1. The number of carbonyl (C=O) groups excluding carboxylic acids is 2. The fourth-order valence-electron chi connectivity index (χ4n) is 2.98. The summed E-state index contributed by atoms with van der Waals surface area (Å²) >= 11 is 0. The predicted molar refractivity (Wildman–Crippen MR) is 114 cm³/mol. The standard InChI is InChI=1S/C23H30FN3O2/c1-5-13-26(4)22(28)15-19-7-6-8-21(14-19)27(23(29)25-17(2)3)16-18-9-11-20(24)12-10-18/h6-12,14,17H,5,13,15-16H2,1-4H3,(H,25,29). The van der Waals surface area contributed by atoms with Crippen LogP contribution in [-0.4, -0.2) is 36.5 Å². The molecular formula is C23H30FN3O2. The minimum Gasteiger partial charge on any atom is -0.345 e. The van der Waals surface area contributed by atoms with Crippen molar-refractivity contribution in [1.82, 2.24) is 10.2 Å². The topological polar surface area (TPSA) is 52.7 Å². The molecule has 0 aliphatic rings. The van der Waals surface area contributed by atoms with Gasteiger partial charge in [0.1, 0.15) is 5.82 Å². The molecule has 0 unspecified atom stereocenters. The Labute approximate surface area is 172 Å². The van der Waals surface area contributed by atoms with Crippen molar-refractivity contribution in [2.45, 2.75) is 46.2 Å². The fraction of sp³-hybridized carbons (Fsp3) is 0.391. The molecule has 156 valence electrons. The lowest BCUT2D eigenvalue weighted by molar-refractivity contribution is -0.129. The highest BCUT2D eigenvalue weighted by Gasteiger charge is 2.18. The number of hydrogen-bond acceptors (Lipinski definition) is 2. The molecule has 0 spiro atoms. The molecule has 0 bridgehead atoms. The lowest BCUT2D eigenvalue weighted by Gasteiger charge is -2.25. The Morgan fingerprint density at radius 1 is 1.07 bits per heavy atom. The van der Waals surface area contributed by atoms with Crippen LogP contribution >= 0.6 is 0 Å². The molecule has 6 heteroatoms. The average Bonchev–Trinajstić information content (AvgIpc) is 2.67. The Bertz CT molecular complexity index is 821. The largest absolute Gasteiger partial charge is 0.345 e. The van der Waals surface area contributed by atoms with Gasteiger partial charge in [-0.1, -0.05) is 31.2 Å². The molecule has 0 radical (unpaired) electrons. The Morgan fingerprint density at radius 3 is 2.38 bits per heavy atom. The van der Waals surface area contributed by atoms with Gasteiger partial charge in [0.05, 0.1) is 13.0 Å². The molecule has 0 saturated heterocycles. The summed E-state index contributed by atoms with van der Waals surface area (Å²) in [5.74, 6) is -0.274.